The largest absolute Gasteiger partial charge is 0.487 e. The summed E-state index contributed by atoms with van der Waals surface area (Å²) in [6, 6.07) is 11.7. The number of amides is 1. The Balaban J connectivity index is 1.55. The third kappa shape index (κ3) is 5.28. The number of aromatic nitrogens is 1. The van der Waals surface area contributed by atoms with Crippen molar-refractivity contribution >= 4 is 34.7 Å². The molecule has 4 nitrogen and oxygen atoms in total. The molecular formula is C20H20N2O2S2. The first-order valence-electron chi connectivity index (χ1n) is 8.26. The molecule has 0 aliphatic rings. The summed E-state index contributed by atoms with van der Waals surface area (Å²) >= 11 is 3.25. The maximum atomic E-state index is 12.1. The minimum atomic E-state index is -0.116. The maximum Gasteiger partial charge on any atom is 0.244 e. The van der Waals surface area contributed by atoms with Gasteiger partial charge >= 0.3 is 0 Å². The van der Waals surface area contributed by atoms with Gasteiger partial charge in [0.2, 0.25) is 5.91 Å². The first-order valence-corrected chi connectivity index (χ1v) is 10.0. The molecule has 0 unspecified atom stereocenters. The number of carbonyl (C=O) groups excluding carboxylic acids is 1. The summed E-state index contributed by atoms with van der Waals surface area (Å²) in [7, 11) is 0. The van der Waals surface area contributed by atoms with Crippen molar-refractivity contribution in [2.24, 2.45) is 0 Å². The Kier molecular flexibility index (Phi) is 6.20. The van der Waals surface area contributed by atoms with Crippen LogP contribution in [0.3, 0.4) is 0 Å². The number of thiazole rings is 1. The normalized spacial score (nSPS) is 12.2. The zero-order valence-electron chi connectivity index (χ0n) is 14.6. The lowest BCUT2D eigenvalue weighted by Gasteiger charge is -2.10. The van der Waals surface area contributed by atoms with Crippen molar-refractivity contribution < 1.29 is 9.53 Å². The average molecular weight is 385 g/mol. The van der Waals surface area contributed by atoms with Crippen LogP contribution in [-0.4, -0.2) is 10.9 Å². The highest BCUT2D eigenvalue weighted by Crippen LogP contribution is 2.19. The van der Waals surface area contributed by atoms with Gasteiger partial charge in [-0.2, -0.15) is 0 Å². The third-order valence-electron chi connectivity index (χ3n) is 3.67. The molecule has 0 radical (unpaired) electrons. The number of thiophene rings is 1. The van der Waals surface area contributed by atoms with Gasteiger partial charge in [0.1, 0.15) is 12.4 Å². The predicted molar refractivity (Wildman–Crippen MR) is 108 cm³/mol. The molecule has 0 spiro atoms. The van der Waals surface area contributed by atoms with Gasteiger partial charge in [-0.3, -0.25) is 4.79 Å². The Morgan fingerprint density at radius 3 is 2.92 bits per heavy atom. The molecule has 0 aliphatic carbocycles. The molecule has 134 valence electrons. The van der Waals surface area contributed by atoms with E-state index in [1.54, 1.807) is 34.8 Å². The summed E-state index contributed by atoms with van der Waals surface area (Å²) in [6.45, 7) is 4.40. The van der Waals surface area contributed by atoms with Crippen LogP contribution >= 0.6 is 22.7 Å². The Labute approximate surface area is 161 Å². The van der Waals surface area contributed by atoms with Crippen molar-refractivity contribution in [2.45, 2.75) is 26.5 Å². The van der Waals surface area contributed by atoms with Crippen LogP contribution in [-0.2, 0) is 11.4 Å². The standard InChI is InChI=1S/C20H20N2O2S2/c1-14(19-7-4-10-25-19)21-20(23)9-8-16-5-3-6-18(11-16)24-12-17-13-26-15(2)22-17/h3-11,13-14H,12H2,1-2H3,(H,21,23)/b9-8+/t14-/m1/s1. The van der Waals surface area contributed by atoms with E-state index in [-0.39, 0.29) is 11.9 Å². The Morgan fingerprint density at radius 1 is 1.31 bits per heavy atom. The third-order valence-corrected chi connectivity index (χ3v) is 5.54. The summed E-state index contributed by atoms with van der Waals surface area (Å²) in [5.74, 6) is 0.639. The quantitative estimate of drug-likeness (QED) is 0.584. The van der Waals surface area contributed by atoms with Gasteiger partial charge in [0.05, 0.1) is 16.7 Å². The fourth-order valence-corrected chi connectivity index (χ4v) is 3.71. The highest BCUT2D eigenvalue weighted by molar-refractivity contribution is 7.10. The van der Waals surface area contributed by atoms with Crippen LogP contribution in [0.2, 0.25) is 0 Å². The smallest absolute Gasteiger partial charge is 0.244 e. The Hall–Kier alpha value is -2.44. The number of nitrogens with zero attached hydrogens (tertiary/aromatic N) is 1. The number of hydrogen-bond acceptors (Lipinski definition) is 5. The van der Waals surface area contributed by atoms with E-state index in [4.69, 9.17) is 4.74 Å². The van der Waals surface area contributed by atoms with Crippen LogP contribution in [0.1, 0.15) is 34.1 Å². The van der Waals surface area contributed by atoms with Gasteiger partial charge in [0, 0.05) is 16.3 Å². The monoisotopic (exact) mass is 384 g/mol. The molecule has 0 bridgehead atoms. The summed E-state index contributed by atoms with van der Waals surface area (Å²) in [5.41, 5.74) is 1.84. The van der Waals surface area contributed by atoms with E-state index >= 15 is 0 Å². The fraction of sp³-hybridized carbons (Fsp3) is 0.200. The van der Waals surface area contributed by atoms with E-state index < -0.39 is 0 Å². The molecule has 3 rings (SSSR count). The van der Waals surface area contributed by atoms with Crippen molar-refractivity contribution in [3.05, 3.63) is 74.4 Å². The number of nitrogens with one attached hydrogen (secondary N) is 1. The van der Waals surface area contributed by atoms with E-state index in [1.807, 2.05) is 61.0 Å². The van der Waals surface area contributed by atoms with Crippen LogP contribution < -0.4 is 10.1 Å². The van der Waals surface area contributed by atoms with Gasteiger partial charge < -0.3 is 10.1 Å². The van der Waals surface area contributed by atoms with Crippen LogP contribution in [0, 0.1) is 6.92 Å². The van der Waals surface area contributed by atoms with E-state index in [0.717, 1.165) is 26.9 Å². The summed E-state index contributed by atoms with van der Waals surface area (Å²) in [6.07, 6.45) is 3.34. The molecule has 6 heteroatoms. The van der Waals surface area contributed by atoms with E-state index in [1.165, 1.54) is 0 Å². The summed E-state index contributed by atoms with van der Waals surface area (Å²) < 4.78 is 5.78. The first-order chi connectivity index (χ1) is 12.6. The number of carbonyl (C=O) groups is 1. The number of hydrogen-bond donors (Lipinski definition) is 1. The van der Waals surface area contributed by atoms with Gasteiger partial charge in [-0.1, -0.05) is 18.2 Å². The molecule has 1 aromatic carbocycles. The van der Waals surface area contributed by atoms with Crippen molar-refractivity contribution in [1.29, 1.82) is 0 Å². The number of aryl methyl sites for hydroxylation is 1. The average Bonchev–Trinajstić information content (AvgIpc) is 3.30. The van der Waals surface area contributed by atoms with Gasteiger partial charge in [0.15, 0.2) is 0 Å². The van der Waals surface area contributed by atoms with Crippen molar-refractivity contribution in [2.75, 3.05) is 0 Å². The highest BCUT2D eigenvalue weighted by atomic mass is 32.1. The summed E-state index contributed by atoms with van der Waals surface area (Å²) in [4.78, 5) is 17.6. The van der Waals surface area contributed by atoms with E-state index in [0.29, 0.717) is 6.61 Å². The molecule has 26 heavy (non-hydrogen) atoms. The van der Waals surface area contributed by atoms with Gasteiger partial charge in [0.25, 0.3) is 0 Å². The zero-order chi connectivity index (χ0) is 18.4. The molecular weight excluding hydrogens is 364 g/mol. The van der Waals surface area contributed by atoms with Crippen LogP contribution in [0.4, 0.5) is 0 Å². The second kappa shape index (κ2) is 8.78. The first kappa shape index (κ1) is 18.4. The lowest BCUT2D eigenvalue weighted by Crippen LogP contribution is -2.23. The van der Waals surface area contributed by atoms with E-state index in [9.17, 15) is 4.79 Å². The minimum absolute atomic E-state index is 0.00313. The molecule has 1 amide bonds. The molecule has 2 heterocycles. The fourth-order valence-electron chi connectivity index (χ4n) is 2.38. The molecule has 3 aromatic rings. The Bertz CT molecular complexity index is 885. The Morgan fingerprint density at radius 2 is 2.19 bits per heavy atom. The number of ether oxygens (including phenoxy) is 1. The van der Waals surface area contributed by atoms with Crippen LogP contribution in [0.25, 0.3) is 6.08 Å². The van der Waals surface area contributed by atoms with Crippen molar-refractivity contribution in [1.82, 2.24) is 10.3 Å². The summed E-state index contributed by atoms with van der Waals surface area (Å²) in [5, 5.41) is 8.00. The minimum Gasteiger partial charge on any atom is -0.487 e. The second-order valence-electron chi connectivity index (χ2n) is 5.80. The SMILES string of the molecule is Cc1nc(COc2cccc(/C=C/C(=O)N[C@H](C)c3cccs3)c2)cs1. The van der Waals surface area contributed by atoms with Crippen LogP contribution in [0.15, 0.2) is 53.2 Å². The second-order valence-corrected chi connectivity index (χ2v) is 7.84. The molecule has 1 atom stereocenters. The molecule has 0 saturated carbocycles. The van der Waals surface area contributed by atoms with Gasteiger partial charge in [-0.05, 0) is 49.1 Å². The highest BCUT2D eigenvalue weighted by Gasteiger charge is 2.08. The molecule has 1 N–H and O–H groups in total. The van der Waals surface area contributed by atoms with Crippen LogP contribution in [0.5, 0.6) is 5.75 Å². The molecule has 0 fully saturated rings. The molecule has 0 saturated heterocycles. The lowest BCUT2D eigenvalue weighted by atomic mass is 10.2. The predicted octanol–water partition coefficient (Wildman–Crippen LogP) is 4.98. The van der Waals surface area contributed by atoms with Gasteiger partial charge in [-0.25, -0.2) is 4.98 Å². The lowest BCUT2D eigenvalue weighted by molar-refractivity contribution is -0.117. The number of rotatable bonds is 7. The van der Waals surface area contributed by atoms with E-state index in [2.05, 4.69) is 10.3 Å². The van der Waals surface area contributed by atoms with Crippen molar-refractivity contribution in [3.63, 3.8) is 0 Å². The molecule has 0 aliphatic heterocycles. The molecule has 2 aromatic heterocycles. The zero-order valence-corrected chi connectivity index (χ0v) is 16.3. The number of benzene rings is 1. The topological polar surface area (TPSA) is 51.2 Å². The van der Waals surface area contributed by atoms with Gasteiger partial charge in [-0.15, -0.1) is 22.7 Å². The van der Waals surface area contributed by atoms with Crippen molar-refractivity contribution in [3.8, 4) is 5.75 Å². The maximum absolute atomic E-state index is 12.1.